The second-order valence-electron chi connectivity index (χ2n) is 4.02. The van der Waals surface area contributed by atoms with Crippen molar-refractivity contribution in [2.45, 2.75) is 19.5 Å². The molecule has 1 heterocycles. The lowest BCUT2D eigenvalue weighted by Gasteiger charge is -2.15. The van der Waals surface area contributed by atoms with Gasteiger partial charge in [0.1, 0.15) is 5.75 Å². The molecule has 0 fully saturated rings. The molecule has 0 aliphatic rings. The third kappa shape index (κ3) is 3.04. The first-order valence-corrected chi connectivity index (χ1v) is 5.67. The maximum absolute atomic E-state index is 9.73. The van der Waals surface area contributed by atoms with Crippen molar-refractivity contribution in [3.05, 3.63) is 59.9 Å². The van der Waals surface area contributed by atoms with Crippen molar-refractivity contribution in [3.8, 4) is 5.75 Å². The summed E-state index contributed by atoms with van der Waals surface area (Å²) in [4.78, 5) is 4.06. The Hall–Kier alpha value is -1.87. The molecule has 3 nitrogen and oxygen atoms in total. The van der Waals surface area contributed by atoms with E-state index in [1.807, 2.05) is 43.5 Å². The molecule has 0 unspecified atom stereocenters. The Labute approximate surface area is 101 Å². The Balaban J connectivity index is 1.99. The molecule has 0 bridgehead atoms. The fraction of sp³-hybridized carbons (Fsp3) is 0.214. The zero-order valence-corrected chi connectivity index (χ0v) is 9.80. The number of para-hydroxylation sites is 1. The van der Waals surface area contributed by atoms with Crippen LogP contribution in [0, 0.1) is 0 Å². The molecule has 0 aliphatic heterocycles. The van der Waals surface area contributed by atoms with E-state index in [0.717, 1.165) is 17.7 Å². The van der Waals surface area contributed by atoms with Crippen LogP contribution in [0.3, 0.4) is 0 Å². The number of rotatable bonds is 4. The average Bonchev–Trinajstić information content (AvgIpc) is 2.38. The number of pyridine rings is 1. The standard InChI is InChI=1S/C14H16N2O/c1-11(13-6-2-3-7-14(13)17)16-10-12-5-4-8-15-9-12/h2-9,11,16-17H,10H2,1H3/t11-/m0/s1. The lowest BCUT2D eigenvalue weighted by atomic mass is 10.1. The van der Waals surface area contributed by atoms with Gasteiger partial charge in [-0.25, -0.2) is 0 Å². The van der Waals surface area contributed by atoms with Crippen LogP contribution in [-0.2, 0) is 6.54 Å². The third-order valence-electron chi connectivity index (χ3n) is 2.74. The van der Waals surface area contributed by atoms with Crippen LogP contribution < -0.4 is 5.32 Å². The van der Waals surface area contributed by atoms with Crippen LogP contribution >= 0.6 is 0 Å². The Morgan fingerprint density at radius 3 is 2.76 bits per heavy atom. The van der Waals surface area contributed by atoms with Crippen molar-refractivity contribution >= 4 is 0 Å². The Morgan fingerprint density at radius 1 is 1.24 bits per heavy atom. The number of hydrogen-bond donors (Lipinski definition) is 2. The van der Waals surface area contributed by atoms with Crippen LogP contribution in [0.5, 0.6) is 5.75 Å². The molecule has 88 valence electrons. The van der Waals surface area contributed by atoms with Crippen LogP contribution in [0.1, 0.15) is 24.1 Å². The Morgan fingerprint density at radius 2 is 2.06 bits per heavy atom. The van der Waals surface area contributed by atoms with Crippen LogP contribution in [0.4, 0.5) is 0 Å². The summed E-state index contributed by atoms with van der Waals surface area (Å²) in [5.41, 5.74) is 2.05. The first-order chi connectivity index (χ1) is 8.27. The molecule has 3 heteroatoms. The smallest absolute Gasteiger partial charge is 0.120 e. The van der Waals surface area contributed by atoms with E-state index in [1.54, 1.807) is 12.3 Å². The van der Waals surface area contributed by atoms with Crippen LogP contribution in [-0.4, -0.2) is 10.1 Å². The minimum Gasteiger partial charge on any atom is -0.508 e. The maximum atomic E-state index is 9.73. The minimum atomic E-state index is 0.108. The number of hydrogen-bond acceptors (Lipinski definition) is 3. The van der Waals surface area contributed by atoms with E-state index in [4.69, 9.17) is 0 Å². The number of nitrogens with zero attached hydrogens (tertiary/aromatic N) is 1. The fourth-order valence-corrected chi connectivity index (χ4v) is 1.74. The van der Waals surface area contributed by atoms with E-state index in [0.29, 0.717) is 5.75 Å². The highest BCUT2D eigenvalue weighted by atomic mass is 16.3. The summed E-state index contributed by atoms with van der Waals surface area (Å²) in [5.74, 6) is 0.332. The molecule has 0 amide bonds. The molecule has 1 atom stereocenters. The third-order valence-corrected chi connectivity index (χ3v) is 2.74. The summed E-state index contributed by atoms with van der Waals surface area (Å²) >= 11 is 0. The van der Waals surface area contributed by atoms with E-state index in [2.05, 4.69) is 10.3 Å². The molecule has 0 radical (unpaired) electrons. The van der Waals surface area contributed by atoms with E-state index >= 15 is 0 Å². The molecule has 0 spiro atoms. The van der Waals surface area contributed by atoms with Gasteiger partial charge in [-0.2, -0.15) is 0 Å². The summed E-state index contributed by atoms with van der Waals surface area (Å²) in [6, 6.07) is 11.4. The zero-order chi connectivity index (χ0) is 12.1. The molecule has 1 aromatic carbocycles. The molecular formula is C14H16N2O. The van der Waals surface area contributed by atoms with Gasteiger partial charge in [0, 0.05) is 30.5 Å². The molecule has 2 N–H and O–H groups in total. The highest BCUT2D eigenvalue weighted by Gasteiger charge is 2.08. The number of benzene rings is 1. The van der Waals surface area contributed by atoms with Crippen molar-refractivity contribution in [2.75, 3.05) is 0 Å². The van der Waals surface area contributed by atoms with Gasteiger partial charge in [0.05, 0.1) is 0 Å². The quantitative estimate of drug-likeness (QED) is 0.845. The van der Waals surface area contributed by atoms with Crippen LogP contribution in [0.25, 0.3) is 0 Å². The fourth-order valence-electron chi connectivity index (χ4n) is 1.74. The first kappa shape index (κ1) is 11.6. The van der Waals surface area contributed by atoms with Crippen molar-refractivity contribution in [3.63, 3.8) is 0 Å². The molecular weight excluding hydrogens is 212 g/mol. The normalized spacial score (nSPS) is 12.3. The summed E-state index contributed by atoms with van der Waals surface area (Å²) in [7, 11) is 0. The molecule has 0 aliphatic carbocycles. The second-order valence-corrected chi connectivity index (χ2v) is 4.02. The number of aromatic nitrogens is 1. The summed E-state index contributed by atoms with van der Waals surface area (Å²) in [5, 5.41) is 13.1. The van der Waals surface area contributed by atoms with Crippen molar-refractivity contribution in [1.29, 1.82) is 0 Å². The lowest BCUT2D eigenvalue weighted by Crippen LogP contribution is -2.18. The van der Waals surface area contributed by atoms with Crippen molar-refractivity contribution in [1.82, 2.24) is 10.3 Å². The number of aromatic hydroxyl groups is 1. The van der Waals surface area contributed by atoms with Gasteiger partial charge in [-0.15, -0.1) is 0 Å². The van der Waals surface area contributed by atoms with Crippen LogP contribution in [0.15, 0.2) is 48.8 Å². The van der Waals surface area contributed by atoms with Gasteiger partial charge in [-0.05, 0) is 24.6 Å². The van der Waals surface area contributed by atoms with Crippen LogP contribution in [0.2, 0.25) is 0 Å². The largest absolute Gasteiger partial charge is 0.508 e. The molecule has 2 rings (SSSR count). The van der Waals surface area contributed by atoms with Crippen molar-refractivity contribution < 1.29 is 5.11 Å². The van der Waals surface area contributed by atoms with Gasteiger partial charge in [0.25, 0.3) is 0 Å². The number of phenols is 1. The topological polar surface area (TPSA) is 45.2 Å². The van der Waals surface area contributed by atoms with E-state index in [1.165, 1.54) is 0 Å². The predicted octanol–water partition coefficient (Wildman–Crippen LogP) is 2.64. The Kier molecular flexibility index (Phi) is 3.73. The SMILES string of the molecule is C[C@H](NCc1cccnc1)c1ccccc1O. The first-order valence-electron chi connectivity index (χ1n) is 5.67. The van der Waals surface area contributed by atoms with Gasteiger partial charge in [-0.1, -0.05) is 24.3 Å². The minimum absolute atomic E-state index is 0.108. The predicted molar refractivity (Wildman–Crippen MR) is 67.6 cm³/mol. The number of phenolic OH excluding ortho intramolecular Hbond substituents is 1. The maximum Gasteiger partial charge on any atom is 0.120 e. The van der Waals surface area contributed by atoms with Crippen molar-refractivity contribution in [2.24, 2.45) is 0 Å². The monoisotopic (exact) mass is 228 g/mol. The average molecular weight is 228 g/mol. The van der Waals surface area contributed by atoms with E-state index < -0.39 is 0 Å². The van der Waals surface area contributed by atoms with Gasteiger partial charge >= 0.3 is 0 Å². The summed E-state index contributed by atoms with van der Waals surface area (Å²) in [6.07, 6.45) is 3.60. The highest BCUT2D eigenvalue weighted by Crippen LogP contribution is 2.23. The lowest BCUT2D eigenvalue weighted by molar-refractivity contribution is 0.452. The second kappa shape index (κ2) is 5.46. The molecule has 17 heavy (non-hydrogen) atoms. The molecule has 0 saturated carbocycles. The van der Waals surface area contributed by atoms with Gasteiger partial charge in [-0.3, -0.25) is 4.98 Å². The van der Waals surface area contributed by atoms with Gasteiger partial charge in [0.15, 0.2) is 0 Å². The zero-order valence-electron chi connectivity index (χ0n) is 9.80. The molecule has 0 saturated heterocycles. The molecule has 2 aromatic rings. The number of nitrogens with one attached hydrogen (secondary N) is 1. The highest BCUT2D eigenvalue weighted by molar-refractivity contribution is 5.34. The van der Waals surface area contributed by atoms with E-state index in [9.17, 15) is 5.11 Å². The summed E-state index contributed by atoms with van der Waals surface area (Å²) < 4.78 is 0. The van der Waals surface area contributed by atoms with Gasteiger partial charge in [0.2, 0.25) is 0 Å². The summed E-state index contributed by atoms with van der Waals surface area (Å²) in [6.45, 7) is 2.77. The Bertz CT molecular complexity index is 471. The molecule has 1 aromatic heterocycles. The van der Waals surface area contributed by atoms with E-state index in [-0.39, 0.29) is 6.04 Å². The van der Waals surface area contributed by atoms with Gasteiger partial charge < -0.3 is 10.4 Å².